The molecule has 0 unspecified atom stereocenters. The van der Waals surface area contributed by atoms with Crippen LogP contribution in [0.2, 0.25) is 0 Å². The first kappa shape index (κ1) is 14.2. The predicted molar refractivity (Wildman–Crippen MR) is 63.7 cm³/mol. The van der Waals surface area contributed by atoms with Crippen molar-refractivity contribution in [3.63, 3.8) is 0 Å². The van der Waals surface area contributed by atoms with Gasteiger partial charge < -0.3 is 4.74 Å². The highest BCUT2D eigenvalue weighted by atomic mass is 16.5. The largest absolute Gasteiger partial charge is 0.460 e. The number of esters is 1. The van der Waals surface area contributed by atoms with Gasteiger partial charge in [0.25, 0.3) is 0 Å². The van der Waals surface area contributed by atoms with Crippen LogP contribution in [0.15, 0.2) is 11.6 Å². The molecule has 0 amide bonds. The van der Waals surface area contributed by atoms with E-state index in [0.29, 0.717) is 0 Å². The molecule has 0 spiro atoms. The Morgan fingerprint density at radius 2 is 1.93 bits per heavy atom. The number of carbonyl (C=O) groups excluding carboxylic acids is 1. The highest BCUT2D eigenvalue weighted by Crippen LogP contribution is 2.09. The van der Waals surface area contributed by atoms with Gasteiger partial charge in [-0.25, -0.2) is 4.79 Å². The van der Waals surface area contributed by atoms with Crippen LogP contribution in [0, 0.1) is 0 Å². The van der Waals surface area contributed by atoms with E-state index in [1.807, 2.05) is 20.8 Å². The third-order valence-corrected chi connectivity index (χ3v) is 2.14. The summed E-state index contributed by atoms with van der Waals surface area (Å²) in [5.41, 5.74) is 1.12. The zero-order chi connectivity index (χ0) is 11.7. The summed E-state index contributed by atoms with van der Waals surface area (Å²) in [4.78, 5) is 11.3. The van der Waals surface area contributed by atoms with Gasteiger partial charge in [0, 0.05) is 6.08 Å². The molecule has 0 heterocycles. The first-order chi connectivity index (χ1) is 7.06. The van der Waals surface area contributed by atoms with E-state index in [1.54, 1.807) is 6.08 Å². The summed E-state index contributed by atoms with van der Waals surface area (Å²) in [6.07, 6.45) is 7.55. The van der Waals surface area contributed by atoms with Crippen molar-refractivity contribution in [2.24, 2.45) is 0 Å². The maximum atomic E-state index is 11.3. The zero-order valence-electron chi connectivity index (χ0n) is 10.5. The van der Waals surface area contributed by atoms with Gasteiger partial charge in [-0.3, -0.25) is 0 Å². The fourth-order valence-corrected chi connectivity index (χ4v) is 1.37. The van der Waals surface area contributed by atoms with Gasteiger partial charge in [0.2, 0.25) is 0 Å². The number of hydrogen-bond acceptors (Lipinski definition) is 2. The van der Waals surface area contributed by atoms with Gasteiger partial charge >= 0.3 is 5.97 Å². The quantitative estimate of drug-likeness (QED) is 0.364. The summed E-state index contributed by atoms with van der Waals surface area (Å²) in [6.45, 7) is 7.92. The number of hydrogen-bond donors (Lipinski definition) is 0. The Balaban J connectivity index is 3.72. The number of ether oxygens (including phenoxy) is 1. The van der Waals surface area contributed by atoms with E-state index in [2.05, 4.69) is 6.92 Å². The Bertz CT molecular complexity index is 205. The molecule has 0 aliphatic carbocycles. The fraction of sp³-hybridized carbons (Fsp3) is 0.769. The molecule has 0 rings (SSSR count). The van der Waals surface area contributed by atoms with Crippen molar-refractivity contribution in [1.29, 1.82) is 0 Å². The molecule has 0 aliphatic rings. The topological polar surface area (TPSA) is 26.3 Å². The van der Waals surface area contributed by atoms with Crippen LogP contribution in [-0.4, -0.2) is 12.1 Å². The summed E-state index contributed by atoms with van der Waals surface area (Å²) < 4.78 is 5.03. The lowest BCUT2D eigenvalue weighted by Gasteiger charge is -2.05. The molecule has 0 saturated heterocycles. The molecular formula is C13H24O2. The average molecular weight is 212 g/mol. The van der Waals surface area contributed by atoms with Crippen molar-refractivity contribution in [1.82, 2.24) is 0 Å². The number of unbranched alkanes of at least 4 members (excludes halogenated alkanes) is 3. The van der Waals surface area contributed by atoms with Crippen molar-refractivity contribution in [3.8, 4) is 0 Å². The van der Waals surface area contributed by atoms with E-state index >= 15 is 0 Å². The second-order valence-electron chi connectivity index (χ2n) is 4.29. The minimum atomic E-state index is -0.210. The smallest absolute Gasteiger partial charge is 0.330 e. The molecular weight excluding hydrogens is 188 g/mol. The Morgan fingerprint density at radius 3 is 2.47 bits per heavy atom. The molecule has 0 aromatic carbocycles. The van der Waals surface area contributed by atoms with Gasteiger partial charge in [-0.15, -0.1) is 0 Å². The van der Waals surface area contributed by atoms with Crippen molar-refractivity contribution >= 4 is 5.97 Å². The minimum Gasteiger partial charge on any atom is -0.460 e. The molecule has 0 aliphatic heterocycles. The van der Waals surface area contributed by atoms with E-state index in [0.717, 1.165) is 12.0 Å². The number of allylic oxidation sites excluding steroid dienone is 1. The molecule has 0 bridgehead atoms. The average Bonchev–Trinajstić information content (AvgIpc) is 2.10. The Morgan fingerprint density at radius 1 is 1.27 bits per heavy atom. The monoisotopic (exact) mass is 212 g/mol. The van der Waals surface area contributed by atoms with Crippen molar-refractivity contribution in [2.45, 2.75) is 65.9 Å². The summed E-state index contributed by atoms with van der Waals surface area (Å²) >= 11 is 0. The van der Waals surface area contributed by atoms with E-state index < -0.39 is 0 Å². The van der Waals surface area contributed by atoms with Gasteiger partial charge in [-0.2, -0.15) is 0 Å². The molecule has 0 saturated carbocycles. The van der Waals surface area contributed by atoms with Gasteiger partial charge in [-0.05, 0) is 33.6 Å². The maximum absolute atomic E-state index is 11.3. The van der Waals surface area contributed by atoms with Crippen LogP contribution in [0.4, 0.5) is 0 Å². The third-order valence-electron chi connectivity index (χ3n) is 2.14. The molecule has 2 nitrogen and oxygen atoms in total. The Hall–Kier alpha value is -0.790. The van der Waals surface area contributed by atoms with Crippen LogP contribution in [0.1, 0.15) is 59.8 Å². The summed E-state index contributed by atoms with van der Waals surface area (Å²) in [5.74, 6) is -0.210. The first-order valence-electron chi connectivity index (χ1n) is 5.94. The Kier molecular flexibility index (Phi) is 8.06. The highest BCUT2D eigenvalue weighted by Gasteiger charge is 2.01. The normalized spacial score (nSPS) is 11.9. The second-order valence-corrected chi connectivity index (χ2v) is 4.29. The molecule has 2 heteroatoms. The van der Waals surface area contributed by atoms with Gasteiger partial charge in [0.1, 0.15) is 0 Å². The van der Waals surface area contributed by atoms with E-state index in [4.69, 9.17) is 4.74 Å². The van der Waals surface area contributed by atoms with Crippen molar-refractivity contribution < 1.29 is 9.53 Å². The molecule has 0 aromatic rings. The van der Waals surface area contributed by atoms with Gasteiger partial charge in [0.15, 0.2) is 0 Å². The van der Waals surface area contributed by atoms with Crippen LogP contribution in [0.3, 0.4) is 0 Å². The summed E-state index contributed by atoms with van der Waals surface area (Å²) in [5, 5.41) is 0. The Labute approximate surface area is 93.7 Å². The standard InChI is InChI=1S/C13H24O2/c1-5-6-7-8-9-12(4)10-13(14)15-11(2)3/h10-11H,5-9H2,1-4H3/b12-10-. The first-order valence-corrected chi connectivity index (χ1v) is 5.94. The second kappa shape index (κ2) is 8.51. The molecule has 0 radical (unpaired) electrons. The van der Waals surface area contributed by atoms with Crippen LogP contribution in [0.25, 0.3) is 0 Å². The van der Waals surface area contributed by atoms with E-state index in [1.165, 1.54) is 25.7 Å². The van der Waals surface area contributed by atoms with Gasteiger partial charge in [-0.1, -0.05) is 31.8 Å². The highest BCUT2D eigenvalue weighted by molar-refractivity contribution is 5.82. The zero-order valence-corrected chi connectivity index (χ0v) is 10.5. The number of carbonyl (C=O) groups is 1. The van der Waals surface area contributed by atoms with Crippen LogP contribution < -0.4 is 0 Å². The number of rotatable bonds is 7. The molecule has 15 heavy (non-hydrogen) atoms. The van der Waals surface area contributed by atoms with E-state index in [-0.39, 0.29) is 12.1 Å². The van der Waals surface area contributed by atoms with E-state index in [9.17, 15) is 4.79 Å². The fourth-order valence-electron chi connectivity index (χ4n) is 1.37. The predicted octanol–water partition coefficient (Wildman–Crippen LogP) is 3.85. The molecule has 0 fully saturated rings. The summed E-state index contributed by atoms with van der Waals surface area (Å²) in [6, 6.07) is 0. The maximum Gasteiger partial charge on any atom is 0.330 e. The van der Waals surface area contributed by atoms with Crippen molar-refractivity contribution in [3.05, 3.63) is 11.6 Å². The summed E-state index contributed by atoms with van der Waals surface area (Å²) in [7, 11) is 0. The lowest BCUT2D eigenvalue weighted by Crippen LogP contribution is -2.08. The molecule has 0 aromatic heterocycles. The molecule has 0 N–H and O–H groups in total. The van der Waals surface area contributed by atoms with Crippen LogP contribution in [0.5, 0.6) is 0 Å². The van der Waals surface area contributed by atoms with Crippen LogP contribution in [-0.2, 0) is 9.53 Å². The molecule has 0 atom stereocenters. The lowest BCUT2D eigenvalue weighted by atomic mass is 10.1. The SMILES string of the molecule is CCCCCC/C(C)=C\C(=O)OC(C)C. The lowest BCUT2D eigenvalue weighted by molar-refractivity contribution is -0.141. The molecule has 88 valence electrons. The third kappa shape index (κ3) is 9.51. The van der Waals surface area contributed by atoms with Crippen LogP contribution >= 0.6 is 0 Å². The van der Waals surface area contributed by atoms with Gasteiger partial charge in [0.05, 0.1) is 6.10 Å². The van der Waals surface area contributed by atoms with Crippen molar-refractivity contribution in [2.75, 3.05) is 0 Å². The minimum absolute atomic E-state index is 0.0263.